The van der Waals surface area contributed by atoms with Gasteiger partial charge >= 0.3 is 12.0 Å². The number of carbonyl (C=O) groups excluding carboxylic acids is 1. The molecule has 0 saturated heterocycles. The van der Waals surface area contributed by atoms with Crippen molar-refractivity contribution in [1.82, 2.24) is 10.6 Å². The van der Waals surface area contributed by atoms with E-state index in [1.807, 2.05) is 6.92 Å². The molecule has 21 heavy (non-hydrogen) atoms. The van der Waals surface area contributed by atoms with Crippen LogP contribution in [0.25, 0.3) is 0 Å². The molecule has 2 unspecified atom stereocenters. The zero-order valence-electron chi connectivity index (χ0n) is 13.6. The molecule has 0 aliphatic heterocycles. The van der Waals surface area contributed by atoms with Crippen molar-refractivity contribution in [3.05, 3.63) is 0 Å². The highest BCUT2D eigenvalue weighted by atomic mass is 16.4. The Labute approximate surface area is 127 Å². The minimum Gasteiger partial charge on any atom is -0.481 e. The predicted octanol–water partition coefficient (Wildman–Crippen LogP) is 3.15. The maximum Gasteiger partial charge on any atom is 0.315 e. The topological polar surface area (TPSA) is 78.4 Å². The highest BCUT2D eigenvalue weighted by Gasteiger charge is 2.41. The molecule has 3 N–H and O–H groups in total. The van der Waals surface area contributed by atoms with Crippen molar-refractivity contribution in [1.29, 1.82) is 0 Å². The lowest BCUT2D eigenvalue weighted by Crippen LogP contribution is -2.42. The van der Waals surface area contributed by atoms with Crippen molar-refractivity contribution in [3.8, 4) is 0 Å². The van der Waals surface area contributed by atoms with Gasteiger partial charge in [0.05, 0.1) is 5.92 Å². The molecule has 2 amide bonds. The molecule has 0 heterocycles. The summed E-state index contributed by atoms with van der Waals surface area (Å²) in [5, 5.41) is 14.7. The third-order valence-electron chi connectivity index (χ3n) is 4.43. The number of amides is 2. The van der Waals surface area contributed by atoms with Crippen molar-refractivity contribution in [2.24, 2.45) is 11.3 Å². The molecule has 0 bridgehead atoms. The fourth-order valence-corrected chi connectivity index (χ4v) is 2.69. The van der Waals surface area contributed by atoms with Crippen LogP contribution in [-0.2, 0) is 4.79 Å². The minimum atomic E-state index is -0.751. The molecule has 5 nitrogen and oxygen atoms in total. The molecule has 0 radical (unpaired) electrons. The Morgan fingerprint density at radius 2 is 1.90 bits per heavy atom. The first-order valence-electron chi connectivity index (χ1n) is 8.16. The van der Waals surface area contributed by atoms with Crippen molar-refractivity contribution in [2.75, 3.05) is 6.54 Å². The highest BCUT2D eigenvalue weighted by molar-refractivity contribution is 5.74. The van der Waals surface area contributed by atoms with Gasteiger partial charge in [-0.3, -0.25) is 4.79 Å². The van der Waals surface area contributed by atoms with Gasteiger partial charge in [-0.15, -0.1) is 0 Å². The summed E-state index contributed by atoms with van der Waals surface area (Å²) in [6.07, 6.45) is 7.09. The van der Waals surface area contributed by atoms with Gasteiger partial charge in [-0.25, -0.2) is 4.79 Å². The SMILES string of the molecule is CCCC1(CNC(=O)NC(C)CCCC(C)C(=O)O)CC1. The Bertz CT molecular complexity index is 353. The van der Waals surface area contributed by atoms with Gasteiger partial charge in [0, 0.05) is 12.6 Å². The Balaban J connectivity index is 2.12. The summed E-state index contributed by atoms with van der Waals surface area (Å²) in [6.45, 7) is 6.63. The number of urea groups is 1. The van der Waals surface area contributed by atoms with Crippen LogP contribution in [0.3, 0.4) is 0 Å². The first-order valence-corrected chi connectivity index (χ1v) is 8.16. The van der Waals surface area contributed by atoms with Crippen LogP contribution in [0, 0.1) is 11.3 Å². The van der Waals surface area contributed by atoms with Gasteiger partial charge < -0.3 is 15.7 Å². The standard InChI is InChI=1S/C16H30N2O3/c1-4-8-16(9-10-16)11-17-15(21)18-13(3)7-5-6-12(2)14(19)20/h12-13H,4-11H2,1-3H3,(H,19,20)(H2,17,18,21). The van der Waals surface area contributed by atoms with Gasteiger partial charge in [0.15, 0.2) is 0 Å². The maximum atomic E-state index is 11.8. The van der Waals surface area contributed by atoms with Crippen molar-refractivity contribution in [3.63, 3.8) is 0 Å². The molecule has 1 aliphatic rings. The van der Waals surface area contributed by atoms with Crippen LogP contribution < -0.4 is 10.6 Å². The summed E-state index contributed by atoms with van der Waals surface area (Å²) in [5.41, 5.74) is 0.367. The van der Waals surface area contributed by atoms with Gasteiger partial charge in [-0.05, 0) is 44.4 Å². The predicted molar refractivity (Wildman–Crippen MR) is 83.2 cm³/mol. The molecule has 122 valence electrons. The normalized spacial score (nSPS) is 18.6. The van der Waals surface area contributed by atoms with Crippen LogP contribution >= 0.6 is 0 Å². The average molecular weight is 298 g/mol. The number of hydrogen-bond acceptors (Lipinski definition) is 2. The number of carboxylic acids is 1. The molecule has 1 fully saturated rings. The third kappa shape index (κ3) is 6.82. The fraction of sp³-hybridized carbons (Fsp3) is 0.875. The van der Waals surface area contributed by atoms with E-state index in [2.05, 4.69) is 17.6 Å². The summed E-state index contributed by atoms with van der Waals surface area (Å²) >= 11 is 0. The summed E-state index contributed by atoms with van der Waals surface area (Å²) in [7, 11) is 0. The summed E-state index contributed by atoms with van der Waals surface area (Å²) in [6, 6.07) is -0.0246. The van der Waals surface area contributed by atoms with E-state index in [1.165, 1.54) is 25.7 Å². The van der Waals surface area contributed by atoms with Gasteiger partial charge in [-0.1, -0.05) is 26.7 Å². The Hall–Kier alpha value is -1.26. The third-order valence-corrected chi connectivity index (χ3v) is 4.43. The van der Waals surface area contributed by atoms with Crippen LogP contribution in [-0.4, -0.2) is 29.7 Å². The monoisotopic (exact) mass is 298 g/mol. The second-order valence-corrected chi connectivity index (χ2v) is 6.65. The van der Waals surface area contributed by atoms with Gasteiger partial charge in [0.2, 0.25) is 0 Å². The largest absolute Gasteiger partial charge is 0.481 e. The molecule has 0 aromatic carbocycles. The molecular weight excluding hydrogens is 268 g/mol. The summed E-state index contributed by atoms with van der Waals surface area (Å²) < 4.78 is 0. The highest BCUT2D eigenvalue weighted by Crippen LogP contribution is 2.48. The number of carbonyl (C=O) groups is 2. The molecule has 5 heteroatoms. The molecule has 0 aromatic rings. The van der Waals surface area contributed by atoms with E-state index in [1.54, 1.807) is 6.92 Å². The second kappa shape index (κ2) is 8.25. The van der Waals surface area contributed by atoms with E-state index >= 15 is 0 Å². The maximum absolute atomic E-state index is 11.8. The second-order valence-electron chi connectivity index (χ2n) is 6.65. The Kier molecular flexibility index (Phi) is 6.99. The average Bonchev–Trinajstić information content (AvgIpc) is 3.17. The van der Waals surface area contributed by atoms with Crippen LogP contribution in [0.1, 0.15) is 65.7 Å². The van der Waals surface area contributed by atoms with Crippen molar-refractivity contribution < 1.29 is 14.7 Å². The molecular formula is C16H30N2O3. The van der Waals surface area contributed by atoms with E-state index in [9.17, 15) is 9.59 Å². The van der Waals surface area contributed by atoms with Gasteiger partial charge in [-0.2, -0.15) is 0 Å². The van der Waals surface area contributed by atoms with E-state index in [0.29, 0.717) is 11.8 Å². The van der Waals surface area contributed by atoms with E-state index in [-0.39, 0.29) is 18.0 Å². The molecule has 2 atom stereocenters. The molecule has 1 saturated carbocycles. The first kappa shape index (κ1) is 17.8. The molecule has 1 rings (SSSR count). The van der Waals surface area contributed by atoms with Gasteiger partial charge in [0.25, 0.3) is 0 Å². The van der Waals surface area contributed by atoms with Crippen molar-refractivity contribution >= 4 is 12.0 Å². The van der Waals surface area contributed by atoms with Crippen LogP contribution in [0.5, 0.6) is 0 Å². The van der Waals surface area contributed by atoms with E-state index in [4.69, 9.17) is 5.11 Å². The van der Waals surface area contributed by atoms with E-state index in [0.717, 1.165) is 19.4 Å². The lowest BCUT2D eigenvalue weighted by Gasteiger charge is -2.18. The zero-order valence-corrected chi connectivity index (χ0v) is 13.6. The lowest BCUT2D eigenvalue weighted by atomic mass is 10.0. The number of aliphatic carboxylic acids is 1. The smallest absolute Gasteiger partial charge is 0.315 e. The number of hydrogen-bond donors (Lipinski definition) is 3. The molecule has 0 aromatic heterocycles. The number of rotatable bonds is 10. The van der Waals surface area contributed by atoms with Crippen LogP contribution in [0.2, 0.25) is 0 Å². The Morgan fingerprint density at radius 1 is 1.24 bits per heavy atom. The van der Waals surface area contributed by atoms with Crippen LogP contribution in [0.4, 0.5) is 4.79 Å². The van der Waals surface area contributed by atoms with Gasteiger partial charge in [0.1, 0.15) is 0 Å². The van der Waals surface area contributed by atoms with Crippen LogP contribution in [0.15, 0.2) is 0 Å². The summed E-state index contributed by atoms with van der Waals surface area (Å²) in [4.78, 5) is 22.5. The molecule has 1 aliphatic carbocycles. The summed E-state index contributed by atoms with van der Waals surface area (Å²) in [5.74, 6) is -1.06. The zero-order chi connectivity index (χ0) is 15.9. The van der Waals surface area contributed by atoms with Crippen molar-refractivity contribution in [2.45, 2.75) is 71.8 Å². The fourth-order valence-electron chi connectivity index (χ4n) is 2.69. The van der Waals surface area contributed by atoms with E-state index < -0.39 is 5.97 Å². The quantitative estimate of drug-likeness (QED) is 0.579. The molecule has 0 spiro atoms. The lowest BCUT2D eigenvalue weighted by molar-refractivity contribution is -0.141. The minimum absolute atomic E-state index is 0.0762. The first-order chi connectivity index (χ1) is 9.88. The Morgan fingerprint density at radius 3 is 2.43 bits per heavy atom. The number of nitrogens with one attached hydrogen (secondary N) is 2. The number of carboxylic acid groups (broad SMARTS) is 1.